The lowest BCUT2D eigenvalue weighted by molar-refractivity contribution is -0.126. The average molecular weight is 183 g/mol. The Labute approximate surface area is 79.0 Å². The molecule has 0 fully saturated rings. The average Bonchev–Trinajstić information content (AvgIpc) is 2.03. The van der Waals surface area contributed by atoms with Gasteiger partial charge in [-0.05, 0) is 13.3 Å². The monoisotopic (exact) mass is 183 g/mol. The van der Waals surface area contributed by atoms with E-state index in [1.165, 1.54) is 0 Å². The first-order valence-corrected chi connectivity index (χ1v) is 4.38. The maximum Gasteiger partial charge on any atom is 0.223 e. The molecule has 13 heavy (non-hydrogen) atoms. The quantitative estimate of drug-likeness (QED) is 0.637. The Bertz CT molecular complexity index is 227. The van der Waals surface area contributed by atoms with Gasteiger partial charge in [-0.3, -0.25) is 4.79 Å². The Morgan fingerprint density at radius 2 is 2.08 bits per heavy atom. The zero-order valence-corrected chi connectivity index (χ0v) is 8.50. The molecule has 0 aromatic rings. The van der Waals surface area contributed by atoms with Crippen LogP contribution in [-0.2, 0) is 4.79 Å². The van der Waals surface area contributed by atoms with Gasteiger partial charge >= 0.3 is 0 Å². The maximum atomic E-state index is 10.9. The Balaban J connectivity index is 3.89. The zero-order chi connectivity index (χ0) is 10.3. The van der Waals surface area contributed by atoms with Gasteiger partial charge in [-0.1, -0.05) is 13.8 Å². The molecule has 0 aliphatic heterocycles. The number of primary amides is 1. The number of carbonyl (C=O) groups excluding carboxylic acids is 1. The fourth-order valence-electron chi connectivity index (χ4n) is 0.629. The number of nitrogens with zero attached hydrogens (tertiary/aromatic N) is 2. The molecule has 4 heteroatoms. The van der Waals surface area contributed by atoms with Crippen molar-refractivity contribution in [2.45, 2.75) is 27.2 Å². The minimum absolute atomic E-state index is 0.296. The van der Waals surface area contributed by atoms with Crippen LogP contribution < -0.4 is 5.73 Å². The molecule has 0 spiro atoms. The maximum absolute atomic E-state index is 10.9. The third-order valence-corrected chi connectivity index (χ3v) is 1.82. The summed E-state index contributed by atoms with van der Waals surface area (Å²) in [6.45, 7) is 6.75. The summed E-state index contributed by atoms with van der Waals surface area (Å²) in [5, 5.41) is 0. The number of aliphatic imine (C=N–C) groups is 2. The highest BCUT2D eigenvalue weighted by molar-refractivity contribution is 5.79. The second-order valence-corrected chi connectivity index (χ2v) is 3.45. The number of carbonyl (C=O) groups is 1. The summed E-state index contributed by atoms with van der Waals surface area (Å²) in [4.78, 5) is 18.6. The second-order valence-electron chi connectivity index (χ2n) is 3.45. The molecule has 1 amide bonds. The summed E-state index contributed by atoms with van der Waals surface area (Å²) < 4.78 is 0. The molecule has 0 bridgehead atoms. The van der Waals surface area contributed by atoms with E-state index in [1.807, 2.05) is 20.8 Å². The highest BCUT2D eigenvalue weighted by Crippen LogP contribution is 2.18. The summed E-state index contributed by atoms with van der Waals surface area (Å²) in [6, 6.07) is 2.54. The van der Waals surface area contributed by atoms with Crippen molar-refractivity contribution in [3.63, 3.8) is 0 Å². The number of hydrogen-bond acceptors (Lipinski definition) is 3. The molecular weight excluding hydrogens is 166 g/mol. The lowest BCUT2D eigenvalue weighted by atomic mass is 9.89. The standard InChI is InChI=1S/C9H17N3O/c1-4-11-7-12-6-5-9(2,3)8(10)13/h4-6H2,1-3H3,(H2,10,13). The van der Waals surface area contributed by atoms with Crippen molar-refractivity contribution in [1.82, 2.24) is 0 Å². The molecule has 0 aliphatic carbocycles. The van der Waals surface area contributed by atoms with Gasteiger partial charge in [-0.15, -0.1) is 0 Å². The van der Waals surface area contributed by atoms with Crippen LogP contribution in [0.1, 0.15) is 27.2 Å². The molecule has 74 valence electrons. The Kier molecular flexibility index (Phi) is 5.00. The van der Waals surface area contributed by atoms with Crippen molar-refractivity contribution in [2.75, 3.05) is 13.1 Å². The Hall–Kier alpha value is -1.15. The van der Waals surface area contributed by atoms with Crippen molar-refractivity contribution < 1.29 is 4.79 Å². The largest absolute Gasteiger partial charge is 0.369 e. The highest BCUT2D eigenvalue weighted by Gasteiger charge is 2.23. The smallest absolute Gasteiger partial charge is 0.223 e. The first-order valence-electron chi connectivity index (χ1n) is 4.38. The van der Waals surface area contributed by atoms with E-state index in [2.05, 4.69) is 16.0 Å². The molecule has 0 aromatic carbocycles. The zero-order valence-electron chi connectivity index (χ0n) is 8.50. The topological polar surface area (TPSA) is 67.8 Å². The van der Waals surface area contributed by atoms with Crippen molar-refractivity contribution in [2.24, 2.45) is 21.1 Å². The third-order valence-electron chi connectivity index (χ3n) is 1.82. The number of amides is 1. The van der Waals surface area contributed by atoms with E-state index in [0.717, 1.165) is 0 Å². The van der Waals surface area contributed by atoms with E-state index in [0.29, 0.717) is 19.5 Å². The van der Waals surface area contributed by atoms with Crippen LogP contribution in [0.4, 0.5) is 0 Å². The fourth-order valence-corrected chi connectivity index (χ4v) is 0.629. The van der Waals surface area contributed by atoms with Gasteiger partial charge in [-0.2, -0.15) is 0 Å². The first-order chi connectivity index (χ1) is 6.00. The molecule has 0 unspecified atom stereocenters. The fraction of sp³-hybridized carbons (Fsp3) is 0.778. The van der Waals surface area contributed by atoms with Crippen molar-refractivity contribution >= 4 is 11.9 Å². The van der Waals surface area contributed by atoms with Gasteiger partial charge in [-0.25, -0.2) is 9.98 Å². The van der Waals surface area contributed by atoms with Crippen LogP contribution in [0.5, 0.6) is 0 Å². The number of rotatable bonds is 5. The SMILES string of the molecule is CCN=C=NCCC(C)(C)C(N)=O. The molecule has 0 heterocycles. The van der Waals surface area contributed by atoms with Gasteiger partial charge in [0.2, 0.25) is 5.91 Å². The van der Waals surface area contributed by atoms with Crippen LogP contribution in [0.3, 0.4) is 0 Å². The van der Waals surface area contributed by atoms with Crippen molar-refractivity contribution in [3.05, 3.63) is 0 Å². The number of hydrogen-bond donors (Lipinski definition) is 1. The van der Waals surface area contributed by atoms with E-state index in [1.54, 1.807) is 0 Å². The summed E-state index contributed by atoms with van der Waals surface area (Å²) in [6.07, 6.45) is 0.633. The van der Waals surface area contributed by atoms with Crippen LogP contribution in [-0.4, -0.2) is 25.0 Å². The second kappa shape index (κ2) is 5.49. The molecule has 0 radical (unpaired) electrons. The number of nitrogens with two attached hydrogens (primary N) is 1. The van der Waals surface area contributed by atoms with Gasteiger partial charge in [0.1, 0.15) is 0 Å². The summed E-state index contributed by atoms with van der Waals surface area (Å²) in [7, 11) is 0. The normalized spacial score (nSPS) is 10.4. The molecule has 0 aromatic heterocycles. The predicted octanol–water partition coefficient (Wildman–Crippen LogP) is 1.08. The molecule has 2 N–H and O–H groups in total. The molecule has 0 saturated heterocycles. The van der Waals surface area contributed by atoms with Gasteiger partial charge < -0.3 is 5.73 Å². The lowest BCUT2D eigenvalue weighted by Gasteiger charge is -2.17. The van der Waals surface area contributed by atoms with Crippen molar-refractivity contribution in [3.8, 4) is 0 Å². The van der Waals surface area contributed by atoms with Crippen LogP contribution in [0.2, 0.25) is 0 Å². The van der Waals surface area contributed by atoms with Crippen LogP contribution in [0, 0.1) is 5.41 Å². The van der Waals surface area contributed by atoms with Gasteiger partial charge in [0, 0.05) is 12.0 Å². The molecule has 0 rings (SSSR count). The minimum atomic E-state index is -0.489. The molecule has 4 nitrogen and oxygen atoms in total. The third kappa shape index (κ3) is 5.15. The highest BCUT2D eigenvalue weighted by atomic mass is 16.1. The van der Waals surface area contributed by atoms with E-state index < -0.39 is 5.41 Å². The summed E-state index contributed by atoms with van der Waals surface area (Å²) in [5.74, 6) is -0.296. The molecule has 0 aliphatic rings. The van der Waals surface area contributed by atoms with Crippen LogP contribution in [0.15, 0.2) is 9.98 Å². The van der Waals surface area contributed by atoms with Crippen LogP contribution in [0.25, 0.3) is 0 Å². The molecule has 0 atom stereocenters. The molecular formula is C9H17N3O. The van der Waals surface area contributed by atoms with Gasteiger partial charge in [0.25, 0.3) is 0 Å². The van der Waals surface area contributed by atoms with Gasteiger partial charge in [0.15, 0.2) is 0 Å². The van der Waals surface area contributed by atoms with E-state index in [-0.39, 0.29) is 5.91 Å². The summed E-state index contributed by atoms with van der Waals surface area (Å²) >= 11 is 0. The first kappa shape index (κ1) is 11.8. The Morgan fingerprint density at radius 3 is 2.54 bits per heavy atom. The van der Waals surface area contributed by atoms with Crippen LogP contribution >= 0.6 is 0 Å². The Morgan fingerprint density at radius 1 is 1.46 bits per heavy atom. The predicted molar refractivity (Wildman–Crippen MR) is 52.9 cm³/mol. The molecule has 0 saturated carbocycles. The van der Waals surface area contributed by atoms with E-state index >= 15 is 0 Å². The van der Waals surface area contributed by atoms with E-state index in [9.17, 15) is 4.79 Å². The minimum Gasteiger partial charge on any atom is -0.369 e. The van der Waals surface area contributed by atoms with E-state index in [4.69, 9.17) is 5.73 Å². The van der Waals surface area contributed by atoms with Crippen molar-refractivity contribution in [1.29, 1.82) is 0 Å². The lowest BCUT2D eigenvalue weighted by Crippen LogP contribution is -2.32. The van der Waals surface area contributed by atoms with Gasteiger partial charge in [0.05, 0.1) is 12.6 Å². The summed E-state index contributed by atoms with van der Waals surface area (Å²) in [5.41, 5.74) is 4.70.